The van der Waals surface area contributed by atoms with Gasteiger partial charge in [0.2, 0.25) is 0 Å². The number of amides is 2. The maximum Gasteiger partial charge on any atom is 0.317 e. The van der Waals surface area contributed by atoms with Crippen molar-refractivity contribution in [3.63, 3.8) is 0 Å². The van der Waals surface area contributed by atoms with Gasteiger partial charge in [0.25, 0.3) is 0 Å². The fraction of sp³-hybridized carbons (Fsp3) is 0.941. The van der Waals surface area contributed by atoms with Crippen LogP contribution < -0.4 is 5.32 Å². The standard InChI is InChI=1S/C17H34N4O/c1-3-19-12-14-20(15-13-19)9-5-4-8-18-17(22)21-10-6-16(2)7-11-21/h16H,3-15H2,1-2H3,(H,18,22). The van der Waals surface area contributed by atoms with Gasteiger partial charge in [0.05, 0.1) is 0 Å². The van der Waals surface area contributed by atoms with Gasteiger partial charge < -0.3 is 20.0 Å². The highest BCUT2D eigenvalue weighted by Crippen LogP contribution is 2.15. The molecule has 5 heteroatoms. The van der Waals surface area contributed by atoms with Crippen LogP contribution in [0.4, 0.5) is 4.79 Å². The summed E-state index contributed by atoms with van der Waals surface area (Å²) in [5, 5.41) is 3.08. The molecule has 0 aromatic rings. The van der Waals surface area contributed by atoms with Gasteiger partial charge in [0.15, 0.2) is 0 Å². The number of carbonyl (C=O) groups is 1. The van der Waals surface area contributed by atoms with Crippen molar-refractivity contribution in [2.24, 2.45) is 5.92 Å². The fourth-order valence-electron chi connectivity index (χ4n) is 3.31. The predicted octanol–water partition coefficient (Wildman–Crippen LogP) is 1.85. The molecule has 0 radical (unpaired) electrons. The second-order valence-corrected chi connectivity index (χ2v) is 6.88. The zero-order valence-electron chi connectivity index (χ0n) is 14.5. The summed E-state index contributed by atoms with van der Waals surface area (Å²) < 4.78 is 0. The summed E-state index contributed by atoms with van der Waals surface area (Å²) in [5.41, 5.74) is 0. The number of carbonyl (C=O) groups excluding carboxylic acids is 1. The number of piperazine rings is 1. The van der Waals surface area contributed by atoms with Crippen molar-refractivity contribution in [3.8, 4) is 0 Å². The number of nitrogens with zero attached hydrogens (tertiary/aromatic N) is 3. The van der Waals surface area contributed by atoms with E-state index in [0.717, 1.165) is 44.8 Å². The van der Waals surface area contributed by atoms with Crippen LogP contribution in [-0.2, 0) is 0 Å². The van der Waals surface area contributed by atoms with E-state index < -0.39 is 0 Å². The van der Waals surface area contributed by atoms with Crippen molar-refractivity contribution in [2.75, 3.05) is 58.9 Å². The van der Waals surface area contributed by atoms with Gasteiger partial charge in [-0.05, 0) is 44.7 Å². The molecule has 2 rings (SSSR count). The third-order valence-corrected chi connectivity index (χ3v) is 5.16. The molecule has 22 heavy (non-hydrogen) atoms. The number of nitrogens with one attached hydrogen (secondary N) is 1. The van der Waals surface area contributed by atoms with E-state index >= 15 is 0 Å². The van der Waals surface area contributed by atoms with Crippen LogP contribution in [-0.4, -0.2) is 79.6 Å². The summed E-state index contributed by atoms with van der Waals surface area (Å²) in [5.74, 6) is 0.775. The first-order valence-electron chi connectivity index (χ1n) is 9.16. The Kier molecular flexibility index (Phi) is 7.46. The Hall–Kier alpha value is -0.810. The zero-order chi connectivity index (χ0) is 15.8. The molecule has 2 saturated heterocycles. The second-order valence-electron chi connectivity index (χ2n) is 6.88. The molecule has 0 spiro atoms. The molecule has 2 aliphatic heterocycles. The lowest BCUT2D eigenvalue weighted by Gasteiger charge is -2.34. The van der Waals surface area contributed by atoms with E-state index in [4.69, 9.17) is 0 Å². The van der Waals surface area contributed by atoms with Crippen LogP contribution in [0.5, 0.6) is 0 Å². The van der Waals surface area contributed by atoms with Crippen molar-refractivity contribution in [1.82, 2.24) is 20.0 Å². The van der Waals surface area contributed by atoms with Crippen molar-refractivity contribution in [3.05, 3.63) is 0 Å². The Bertz CT molecular complexity index is 321. The van der Waals surface area contributed by atoms with E-state index in [1.165, 1.54) is 45.7 Å². The van der Waals surface area contributed by atoms with Crippen LogP contribution in [0.15, 0.2) is 0 Å². The van der Waals surface area contributed by atoms with E-state index in [9.17, 15) is 4.79 Å². The van der Waals surface area contributed by atoms with Gasteiger partial charge in [-0.1, -0.05) is 13.8 Å². The van der Waals surface area contributed by atoms with Crippen LogP contribution in [0.3, 0.4) is 0 Å². The minimum atomic E-state index is 0.142. The van der Waals surface area contributed by atoms with Gasteiger partial charge in [-0.2, -0.15) is 0 Å². The molecule has 0 aromatic heterocycles. The van der Waals surface area contributed by atoms with E-state index in [1.54, 1.807) is 0 Å². The Labute approximate surface area is 136 Å². The van der Waals surface area contributed by atoms with Gasteiger partial charge in [0, 0.05) is 45.8 Å². The molecule has 5 nitrogen and oxygen atoms in total. The smallest absolute Gasteiger partial charge is 0.317 e. The molecule has 0 aromatic carbocycles. The van der Waals surface area contributed by atoms with Crippen molar-refractivity contribution in [1.29, 1.82) is 0 Å². The number of rotatable bonds is 6. The normalized spacial score (nSPS) is 22.0. The van der Waals surface area contributed by atoms with E-state index in [-0.39, 0.29) is 6.03 Å². The molecule has 0 bridgehead atoms. The highest BCUT2D eigenvalue weighted by molar-refractivity contribution is 5.74. The number of hydrogen-bond donors (Lipinski definition) is 1. The number of urea groups is 1. The molecule has 1 N–H and O–H groups in total. The third-order valence-electron chi connectivity index (χ3n) is 5.16. The SMILES string of the molecule is CCN1CCN(CCCCNC(=O)N2CCC(C)CC2)CC1. The minimum absolute atomic E-state index is 0.142. The van der Waals surface area contributed by atoms with E-state index in [0.29, 0.717) is 0 Å². The Morgan fingerprint density at radius 1 is 1.00 bits per heavy atom. The number of likely N-dealkylation sites (N-methyl/N-ethyl adjacent to an activating group) is 1. The molecule has 0 unspecified atom stereocenters. The first kappa shape index (κ1) is 17.5. The maximum atomic E-state index is 12.0. The average Bonchev–Trinajstić information content (AvgIpc) is 2.55. The average molecular weight is 310 g/mol. The van der Waals surface area contributed by atoms with Crippen LogP contribution in [0.1, 0.15) is 39.5 Å². The summed E-state index contributed by atoms with van der Waals surface area (Å²) in [4.78, 5) is 19.1. The van der Waals surface area contributed by atoms with E-state index in [1.807, 2.05) is 4.90 Å². The highest BCUT2D eigenvalue weighted by atomic mass is 16.2. The zero-order valence-corrected chi connectivity index (χ0v) is 14.5. The quantitative estimate of drug-likeness (QED) is 0.761. The van der Waals surface area contributed by atoms with Gasteiger partial charge in [0.1, 0.15) is 0 Å². The monoisotopic (exact) mass is 310 g/mol. The minimum Gasteiger partial charge on any atom is -0.338 e. The molecule has 2 aliphatic rings. The third kappa shape index (κ3) is 5.76. The van der Waals surface area contributed by atoms with E-state index in [2.05, 4.69) is 29.0 Å². The molecule has 0 aliphatic carbocycles. The largest absolute Gasteiger partial charge is 0.338 e. The number of unbranched alkanes of at least 4 members (excludes halogenated alkanes) is 1. The van der Waals surface area contributed by atoms with Crippen molar-refractivity contribution >= 4 is 6.03 Å². The number of piperidine rings is 1. The highest BCUT2D eigenvalue weighted by Gasteiger charge is 2.19. The molecule has 2 heterocycles. The number of likely N-dealkylation sites (tertiary alicyclic amines) is 1. The molecular formula is C17H34N4O. The Balaban J connectivity index is 1.48. The van der Waals surface area contributed by atoms with Crippen LogP contribution in [0, 0.1) is 5.92 Å². The predicted molar refractivity (Wildman–Crippen MR) is 91.2 cm³/mol. The first-order chi connectivity index (χ1) is 10.7. The summed E-state index contributed by atoms with van der Waals surface area (Å²) >= 11 is 0. The summed E-state index contributed by atoms with van der Waals surface area (Å²) in [6.07, 6.45) is 4.57. The van der Waals surface area contributed by atoms with Crippen LogP contribution in [0.25, 0.3) is 0 Å². The summed E-state index contributed by atoms with van der Waals surface area (Å²) in [6, 6.07) is 0.142. The molecular weight excluding hydrogens is 276 g/mol. The first-order valence-corrected chi connectivity index (χ1v) is 9.16. The fourth-order valence-corrected chi connectivity index (χ4v) is 3.31. The lowest BCUT2D eigenvalue weighted by molar-refractivity contribution is 0.135. The molecule has 2 fully saturated rings. The topological polar surface area (TPSA) is 38.8 Å². The molecule has 0 atom stereocenters. The summed E-state index contributed by atoms with van der Waals surface area (Å²) in [7, 11) is 0. The van der Waals surface area contributed by atoms with Gasteiger partial charge >= 0.3 is 6.03 Å². The van der Waals surface area contributed by atoms with Gasteiger partial charge in [-0.3, -0.25) is 0 Å². The molecule has 2 amide bonds. The Morgan fingerprint density at radius 3 is 2.27 bits per heavy atom. The molecule has 0 saturated carbocycles. The second kappa shape index (κ2) is 9.36. The number of hydrogen-bond acceptors (Lipinski definition) is 3. The van der Waals surface area contributed by atoms with Crippen LogP contribution >= 0.6 is 0 Å². The van der Waals surface area contributed by atoms with Gasteiger partial charge in [-0.15, -0.1) is 0 Å². The maximum absolute atomic E-state index is 12.0. The lowest BCUT2D eigenvalue weighted by atomic mass is 10.00. The van der Waals surface area contributed by atoms with Gasteiger partial charge in [-0.25, -0.2) is 4.79 Å². The van der Waals surface area contributed by atoms with Crippen molar-refractivity contribution in [2.45, 2.75) is 39.5 Å². The van der Waals surface area contributed by atoms with Crippen molar-refractivity contribution < 1.29 is 4.79 Å². The van der Waals surface area contributed by atoms with Crippen LogP contribution in [0.2, 0.25) is 0 Å². The Morgan fingerprint density at radius 2 is 1.64 bits per heavy atom. The lowest BCUT2D eigenvalue weighted by Crippen LogP contribution is -2.46. The molecule has 128 valence electrons. The summed E-state index contributed by atoms with van der Waals surface area (Å²) in [6.45, 7) is 14.4.